The Morgan fingerprint density at radius 1 is 1.13 bits per heavy atom. The normalized spacial score (nSPS) is 15.3. The fourth-order valence-corrected chi connectivity index (χ4v) is 2.74. The lowest BCUT2D eigenvalue weighted by atomic mass is 9.86. The maximum atomic E-state index is 12.6. The molecule has 1 aliphatic carbocycles. The Morgan fingerprint density at radius 2 is 1.87 bits per heavy atom. The van der Waals surface area contributed by atoms with Crippen molar-refractivity contribution in [3.05, 3.63) is 70.3 Å². The van der Waals surface area contributed by atoms with E-state index in [1.807, 2.05) is 12.1 Å². The first-order valence-corrected chi connectivity index (χ1v) is 7.34. The number of carboxylic acids is 1. The number of aromatic carboxylic acids is 1. The molecule has 1 N–H and O–H groups in total. The number of fused-ring (bicyclic) bond motifs is 1. The molecule has 0 aromatic heterocycles. The van der Waals surface area contributed by atoms with Gasteiger partial charge < -0.3 is 9.84 Å². The molecule has 0 aliphatic heterocycles. The van der Waals surface area contributed by atoms with Gasteiger partial charge in [0.05, 0.1) is 12.7 Å². The first kappa shape index (κ1) is 15.0. The Labute approximate surface area is 134 Å². The van der Waals surface area contributed by atoms with Crippen LogP contribution >= 0.6 is 0 Å². The van der Waals surface area contributed by atoms with Crippen LogP contribution in [0.1, 0.15) is 38.3 Å². The number of Topliss-reactive ketones (excluding diaryl/α,β-unsaturated/α-hetero) is 1. The molecule has 116 valence electrons. The molecular formula is C19H16O4. The van der Waals surface area contributed by atoms with E-state index in [0.717, 1.165) is 28.9 Å². The van der Waals surface area contributed by atoms with E-state index in [4.69, 9.17) is 9.84 Å². The number of aryl methyl sites for hydroxylation is 1. The fraction of sp³-hybridized carbons (Fsp3) is 0.158. The van der Waals surface area contributed by atoms with E-state index in [1.54, 1.807) is 43.5 Å². The Bertz CT molecular complexity index is 801. The van der Waals surface area contributed by atoms with Gasteiger partial charge in [0, 0.05) is 11.1 Å². The van der Waals surface area contributed by atoms with Gasteiger partial charge >= 0.3 is 5.97 Å². The Balaban J connectivity index is 1.89. The number of carboxylic acid groups (broad SMARTS) is 1. The second kappa shape index (κ2) is 6.08. The van der Waals surface area contributed by atoms with Crippen LogP contribution in [0, 0.1) is 0 Å². The van der Waals surface area contributed by atoms with Crippen LogP contribution in [0.25, 0.3) is 6.08 Å². The van der Waals surface area contributed by atoms with Gasteiger partial charge in [0.1, 0.15) is 5.75 Å². The quantitative estimate of drug-likeness (QED) is 0.880. The third kappa shape index (κ3) is 3.01. The second-order valence-corrected chi connectivity index (χ2v) is 5.45. The van der Waals surface area contributed by atoms with Gasteiger partial charge in [0.15, 0.2) is 5.78 Å². The number of hydrogen-bond acceptors (Lipinski definition) is 3. The highest BCUT2D eigenvalue weighted by Gasteiger charge is 2.22. The molecule has 0 atom stereocenters. The zero-order valence-corrected chi connectivity index (χ0v) is 12.7. The lowest BCUT2D eigenvalue weighted by Gasteiger charge is -2.18. The average Bonchev–Trinajstić information content (AvgIpc) is 2.57. The first-order valence-electron chi connectivity index (χ1n) is 7.34. The summed E-state index contributed by atoms with van der Waals surface area (Å²) in [6, 6.07) is 12.0. The molecule has 0 saturated carbocycles. The molecule has 0 saturated heterocycles. The number of carbonyl (C=O) groups is 2. The molecule has 0 unspecified atom stereocenters. The molecule has 23 heavy (non-hydrogen) atoms. The molecule has 0 radical (unpaired) electrons. The van der Waals surface area contributed by atoms with E-state index in [1.165, 1.54) is 0 Å². The number of methoxy groups -OCH3 is 1. The molecule has 0 fully saturated rings. The Morgan fingerprint density at radius 3 is 2.52 bits per heavy atom. The SMILES string of the molecule is COc1ccc2c(c1)CC/C(=C\c1ccc(C(=O)O)cc1)C2=O. The van der Waals surface area contributed by atoms with E-state index in [9.17, 15) is 9.59 Å². The number of benzene rings is 2. The van der Waals surface area contributed by atoms with Gasteiger partial charge in [-0.2, -0.15) is 0 Å². The lowest BCUT2D eigenvalue weighted by molar-refractivity contribution is 0.0696. The lowest BCUT2D eigenvalue weighted by Crippen LogP contribution is -2.14. The van der Waals surface area contributed by atoms with Crippen molar-refractivity contribution in [3.63, 3.8) is 0 Å². The molecule has 0 heterocycles. The van der Waals surface area contributed by atoms with Crippen LogP contribution in [0.15, 0.2) is 48.0 Å². The summed E-state index contributed by atoms with van der Waals surface area (Å²) in [5.74, 6) is -0.176. The summed E-state index contributed by atoms with van der Waals surface area (Å²) in [4.78, 5) is 23.5. The Hall–Kier alpha value is -2.88. The highest BCUT2D eigenvalue weighted by molar-refractivity contribution is 6.13. The maximum Gasteiger partial charge on any atom is 0.335 e. The van der Waals surface area contributed by atoms with Crippen LogP contribution < -0.4 is 4.74 Å². The van der Waals surface area contributed by atoms with E-state index in [2.05, 4.69) is 0 Å². The fourth-order valence-electron chi connectivity index (χ4n) is 2.74. The van der Waals surface area contributed by atoms with Crippen molar-refractivity contribution in [2.45, 2.75) is 12.8 Å². The van der Waals surface area contributed by atoms with Gasteiger partial charge in [0.25, 0.3) is 0 Å². The third-order valence-corrected chi connectivity index (χ3v) is 4.01. The van der Waals surface area contributed by atoms with Gasteiger partial charge in [-0.1, -0.05) is 12.1 Å². The summed E-state index contributed by atoms with van der Waals surface area (Å²) in [6.07, 6.45) is 3.29. The minimum absolute atomic E-state index is 0.0243. The van der Waals surface area contributed by atoms with Crippen LogP contribution in [0.5, 0.6) is 5.75 Å². The van der Waals surface area contributed by atoms with Crippen LogP contribution in [0.2, 0.25) is 0 Å². The van der Waals surface area contributed by atoms with Crippen molar-refractivity contribution < 1.29 is 19.4 Å². The number of ether oxygens (including phenoxy) is 1. The summed E-state index contributed by atoms with van der Waals surface area (Å²) >= 11 is 0. The summed E-state index contributed by atoms with van der Waals surface area (Å²) in [5, 5.41) is 8.91. The van der Waals surface area contributed by atoms with E-state index in [-0.39, 0.29) is 11.3 Å². The molecule has 3 rings (SSSR count). The molecular weight excluding hydrogens is 292 g/mol. The van der Waals surface area contributed by atoms with Crippen molar-refractivity contribution in [1.82, 2.24) is 0 Å². The second-order valence-electron chi connectivity index (χ2n) is 5.45. The van der Waals surface area contributed by atoms with Gasteiger partial charge in [-0.05, 0) is 60.4 Å². The molecule has 4 heteroatoms. The largest absolute Gasteiger partial charge is 0.497 e. The molecule has 4 nitrogen and oxygen atoms in total. The zero-order valence-electron chi connectivity index (χ0n) is 12.7. The number of rotatable bonds is 3. The highest BCUT2D eigenvalue weighted by atomic mass is 16.5. The van der Waals surface area contributed by atoms with Gasteiger partial charge in [-0.15, -0.1) is 0 Å². The van der Waals surface area contributed by atoms with Gasteiger partial charge in [0.2, 0.25) is 0 Å². The summed E-state index contributed by atoms with van der Waals surface area (Å²) in [6.45, 7) is 0. The number of ketones is 1. The van der Waals surface area contributed by atoms with Crippen molar-refractivity contribution >= 4 is 17.8 Å². The van der Waals surface area contributed by atoms with Crippen LogP contribution in [0.3, 0.4) is 0 Å². The number of carbonyl (C=O) groups excluding carboxylic acids is 1. The molecule has 2 aromatic rings. The molecule has 2 aromatic carbocycles. The van der Waals surface area contributed by atoms with E-state index in [0.29, 0.717) is 12.0 Å². The van der Waals surface area contributed by atoms with Crippen LogP contribution in [-0.4, -0.2) is 24.0 Å². The molecule has 0 spiro atoms. The summed E-state index contributed by atoms with van der Waals surface area (Å²) in [7, 11) is 1.61. The van der Waals surface area contributed by atoms with Crippen LogP contribution in [0.4, 0.5) is 0 Å². The molecule has 0 bridgehead atoms. The summed E-state index contributed by atoms with van der Waals surface area (Å²) < 4.78 is 5.19. The maximum absolute atomic E-state index is 12.6. The number of allylic oxidation sites excluding steroid dienone is 1. The van der Waals surface area contributed by atoms with E-state index < -0.39 is 5.97 Å². The molecule has 1 aliphatic rings. The minimum atomic E-state index is -0.958. The third-order valence-electron chi connectivity index (χ3n) is 4.01. The van der Waals surface area contributed by atoms with Gasteiger partial charge in [-0.3, -0.25) is 4.79 Å². The topological polar surface area (TPSA) is 63.6 Å². The van der Waals surface area contributed by atoms with Crippen molar-refractivity contribution in [1.29, 1.82) is 0 Å². The predicted molar refractivity (Wildman–Crippen MR) is 87.0 cm³/mol. The molecule has 0 amide bonds. The summed E-state index contributed by atoms with van der Waals surface area (Å²) in [5.41, 5.74) is 3.53. The van der Waals surface area contributed by atoms with Crippen molar-refractivity contribution in [3.8, 4) is 5.75 Å². The van der Waals surface area contributed by atoms with Gasteiger partial charge in [-0.25, -0.2) is 4.79 Å². The highest BCUT2D eigenvalue weighted by Crippen LogP contribution is 2.29. The Kier molecular flexibility index (Phi) is 3.98. The monoisotopic (exact) mass is 308 g/mol. The average molecular weight is 308 g/mol. The van der Waals surface area contributed by atoms with Crippen LogP contribution in [-0.2, 0) is 6.42 Å². The smallest absolute Gasteiger partial charge is 0.335 e. The van der Waals surface area contributed by atoms with Crippen molar-refractivity contribution in [2.75, 3.05) is 7.11 Å². The minimum Gasteiger partial charge on any atom is -0.497 e. The standard InChI is InChI=1S/C19H16O4/c1-23-16-8-9-17-14(11-16)6-7-15(18(17)20)10-12-2-4-13(5-3-12)19(21)22/h2-5,8-11H,6-7H2,1H3,(H,21,22)/b15-10+. The predicted octanol–water partition coefficient (Wildman–Crippen LogP) is 3.61. The first-order chi connectivity index (χ1) is 11.1. The van der Waals surface area contributed by atoms with E-state index >= 15 is 0 Å². The van der Waals surface area contributed by atoms with Crippen molar-refractivity contribution in [2.24, 2.45) is 0 Å². The zero-order chi connectivity index (χ0) is 16.4. The number of hydrogen-bond donors (Lipinski definition) is 1.